The van der Waals surface area contributed by atoms with Gasteiger partial charge in [-0.3, -0.25) is 4.57 Å². The van der Waals surface area contributed by atoms with Crippen LogP contribution in [0, 0.1) is 6.92 Å². The summed E-state index contributed by atoms with van der Waals surface area (Å²) in [5.41, 5.74) is 9.57. The van der Waals surface area contributed by atoms with E-state index in [4.69, 9.17) is 5.73 Å². The molecule has 0 unspecified atom stereocenters. The summed E-state index contributed by atoms with van der Waals surface area (Å²) in [6.07, 6.45) is 0.555. The lowest BCUT2D eigenvalue weighted by atomic mass is 10.1. The number of rotatable bonds is 7. The normalized spacial score (nSPS) is 12.9. The fourth-order valence-electron chi connectivity index (χ4n) is 2.92. The first-order valence-electron chi connectivity index (χ1n) is 8.91. The monoisotopic (exact) mass is 384 g/mol. The minimum absolute atomic E-state index is 0.0240. The van der Waals surface area contributed by atoms with Crippen molar-refractivity contribution < 1.29 is 8.42 Å². The zero-order valence-electron chi connectivity index (χ0n) is 15.5. The Hall–Kier alpha value is -2.51. The average molecular weight is 385 g/mol. The van der Waals surface area contributed by atoms with Crippen molar-refractivity contribution in [2.75, 3.05) is 5.75 Å². The van der Waals surface area contributed by atoms with Gasteiger partial charge in [-0.05, 0) is 24.5 Å². The van der Waals surface area contributed by atoms with Gasteiger partial charge in [0.2, 0.25) is 15.0 Å². The van der Waals surface area contributed by atoms with Gasteiger partial charge in [-0.25, -0.2) is 8.42 Å². The number of hydrogen-bond acceptors (Lipinski definition) is 5. The molecule has 0 spiro atoms. The van der Waals surface area contributed by atoms with E-state index in [1.54, 1.807) is 11.5 Å². The number of sulfone groups is 1. The smallest absolute Gasteiger partial charge is 0.250 e. The molecular formula is C20H24N4O2S. The summed E-state index contributed by atoms with van der Waals surface area (Å²) in [5.74, 6) is 0.443. The number of nitrogens with zero attached hydrogens (tertiary/aromatic N) is 3. The molecule has 0 aliphatic rings. The third-order valence-corrected chi connectivity index (χ3v) is 6.11. The van der Waals surface area contributed by atoms with Crippen molar-refractivity contribution in [3.05, 3.63) is 77.1 Å². The van der Waals surface area contributed by atoms with E-state index >= 15 is 0 Å². The summed E-state index contributed by atoms with van der Waals surface area (Å²) in [6, 6.07) is 17.3. The van der Waals surface area contributed by atoms with Crippen molar-refractivity contribution in [2.45, 2.75) is 38.0 Å². The van der Waals surface area contributed by atoms with E-state index in [0.29, 0.717) is 18.8 Å². The largest absolute Gasteiger partial charge is 0.321 e. The summed E-state index contributed by atoms with van der Waals surface area (Å²) in [7, 11) is -3.51. The van der Waals surface area contributed by atoms with Crippen LogP contribution in [0.2, 0.25) is 0 Å². The first-order chi connectivity index (χ1) is 12.9. The Bertz CT molecular complexity index is 996. The summed E-state index contributed by atoms with van der Waals surface area (Å²) in [5, 5.41) is 8.11. The Morgan fingerprint density at radius 3 is 2.30 bits per heavy atom. The number of benzene rings is 2. The standard InChI is InChI=1S/C20H24N4O2S/c1-3-27(25,26)20-23-22-19(18(21)13-16-7-5-4-6-8-16)24(20)14-17-11-9-15(2)10-12-17/h4-12,18H,3,13-14,21H2,1-2H3/t18-/m0/s1. The molecule has 27 heavy (non-hydrogen) atoms. The quantitative estimate of drug-likeness (QED) is 0.676. The number of nitrogens with two attached hydrogens (primary N) is 1. The molecule has 0 saturated carbocycles. The molecule has 1 aromatic heterocycles. The van der Waals surface area contributed by atoms with Crippen LogP contribution in [0.25, 0.3) is 0 Å². The van der Waals surface area contributed by atoms with Gasteiger partial charge in [0.05, 0.1) is 18.3 Å². The average Bonchev–Trinajstić information content (AvgIpc) is 3.09. The van der Waals surface area contributed by atoms with Crippen LogP contribution in [0.4, 0.5) is 0 Å². The number of aromatic nitrogens is 3. The van der Waals surface area contributed by atoms with E-state index in [-0.39, 0.29) is 10.9 Å². The highest BCUT2D eigenvalue weighted by molar-refractivity contribution is 7.91. The molecule has 0 bridgehead atoms. The molecule has 0 fully saturated rings. The fourth-order valence-corrected chi connectivity index (χ4v) is 3.83. The predicted octanol–water partition coefficient (Wildman–Crippen LogP) is 2.67. The number of hydrogen-bond donors (Lipinski definition) is 1. The highest BCUT2D eigenvalue weighted by atomic mass is 32.2. The highest BCUT2D eigenvalue weighted by Crippen LogP contribution is 2.20. The van der Waals surface area contributed by atoms with Gasteiger partial charge in [0.15, 0.2) is 5.82 Å². The van der Waals surface area contributed by atoms with Crippen LogP contribution in [0.15, 0.2) is 59.8 Å². The topological polar surface area (TPSA) is 90.9 Å². The summed E-state index contributed by atoms with van der Waals surface area (Å²) >= 11 is 0. The second-order valence-corrected chi connectivity index (χ2v) is 8.78. The second-order valence-electron chi connectivity index (χ2n) is 6.61. The maximum atomic E-state index is 12.5. The lowest BCUT2D eigenvalue weighted by Gasteiger charge is -2.15. The molecule has 3 aromatic rings. The van der Waals surface area contributed by atoms with Crippen LogP contribution in [0.3, 0.4) is 0 Å². The van der Waals surface area contributed by atoms with Crippen LogP contribution in [-0.2, 0) is 22.8 Å². The highest BCUT2D eigenvalue weighted by Gasteiger charge is 2.26. The van der Waals surface area contributed by atoms with E-state index in [0.717, 1.165) is 16.7 Å². The van der Waals surface area contributed by atoms with Gasteiger partial charge in [0, 0.05) is 0 Å². The van der Waals surface area contributed by atoms with Crippen molar-refractivity contribution in [3.8, 4) is 0 Å². The van der Waals surface area contributed by atoms with Crippen molar-refractivity contribution >= 4 is 9.84 Å². The van der Waals surface area contributed by atoms with Crippen molar-refractivity contribution in [2.24, 2.45) is 5.73 Å². The Kier molecular flexibility index (Phi) is 5.72. The zero-order valence-corrected chi connectivity index (χ0v) is 16.4. The van der Waals surface area contributed by atoms with Gasteiger partial charge < -0.3 is 5.73 Å². The van der Waals surface area contributed by atoms with Crippen LogP contribution in [0.5, 0.6) is 0 Å². The number of aryl methyl sites for hydroxylation is 1. The van der Waals surface area contributed by atoms with E-state index in [2.05, 4.69) is 10.2 Å². The van der Waals surface area contributed by atoms with Gasteiger partial charge in [-0.15, -0.1) is 10.2 Å². The van der Waals surface area contributed by atoms with Gasteiger partial charge in [-0.1, -0.05) is 67.1 Å². The lowest BCUT2D eigenvalue weighted by molar-refractivity contribution is 0.554. The maximum Gasteiger partial charge on any atom is 0.250 e. The fraction of sp³-hybridized carbons (Fsp3) is 0.300. The first-order valence-corrected chi connectivity index (χ1v) is 10.6. The first kappa shape index (κ1) is 19.3. The Labute approximate surface area is 160 Å². The van der Waals surface area contributed by atoms with Gasteiger partial charge in [0.1, 0.15) is 0 Å². The molecule has 6 nitrogen and oxygen atoms in total. The lowest BCUT2D eigenvalue weighted by Crippen LogP contribution is -2.22. The van der Waals surface area contributed by atoms with Crippen LogP contribution in [-0.4, -0.2) is 28.9 Å². The molecule has 3 rings (SSSR count). The molecule has 142 valence electrons. The molecule has 0 saturated heterocycles. The molecule has 7 heteroatoms. The SMILES string of the molecule is CCS(=O)(=O)c1nnc([C@@H](N)Cc2ccccc2)n1Cc1ccc(C)cc1. The van der Waals surface area contributed by atoms with Crippen LogP contribution in [0.1, 0.15) is 35.5 Å². The van der Waals surface area contributed by atoms with E-state index in [1.165, 1.54) is 0 Å². The molecule has 0 radical (unpaired) electrons. The van der Waals surface area contributed by atoms with Gasteiger partial charge in [0.25, 0.3) is 0 Å². The Morgan fingerprint density at radius 1 is 1.00 bits per heavy atom. The molecule has 0 amide bonds. The van der Waals surface area contributed by atoms with Gasteiger partial charge >= 0.3 is 0 Å². The Morgan fingerprint density at radius 2 is 1.67 bits per heavy atom. The molecule has 1 heterocycles. The van der Waals surface area contributed by atoms with Crippen molar-refractivity contribution in [1.29, 1.82) is 0 Å². The van der Waals surface area contributed by atoms with Crippen molar-refractivity contribution in [3.63, 3.8) is 0 Å². The minimum Gasteiger partial charge on any atom is -0.321 e. The molecule has 0 aliphatic heterocycles. The van der Waals surface area contributed by atoms with E-state index < -0.39 is 15.9 Å². The predicted molar refractivity (Wildman–Crippen MR) is 105 cm³/mol. The third kappa shape index (κ3) is 4.43. The summed E-state index contributed by atoms with van der Waals surface area (Å²) < 4.78 is 26.6. The molecule has 1 atom stereocenters. The molecule has 2 N–H and O–H groups in total. The molecular weight excluding hydrogens is 360 g/mol. The van der Waals surface area contributed by atoms with E-state index in [9.17, 15) is 8.42 Å². The molecule has 2 aromatic carbocycles. The summed E-state index contributed by atoms with van der Waals surface area (Å²) in [6.45, 7) is 3.97. The second kappa shape index (κ2) is 8.02. The Balaban J connectivity index is 1.99. The van der Waals surface area contributed by atoms with Crippen LogP contribution < -0.4 is 5.73 Å². The summed E-state index contributed by atoms with van der Waals surface area (Å²) in [4.78, 5) is 0. The van der Waals surface area contributed by atoms with Crippen LogP contribution >= 0.6 is 0 Å². The third-order valence-electron chi connectivity index (χ3n) is 4.50. The van der Waals surface area contributed by atoms with Gasteiger partial charge in [-0.2, -0.15) is 0 Å². The van der Waals surface area contributed by atoms with Crippen molar-refractivity contribution in [1.82, 2.24) is 14.8 Å². The minimum atomic E-state index is -3.51. The zero-order chi connectivity index (χ0) is 19.4. The van der Waals surface area contributed by atoms with E-state index in [1.807, 2.05) is 61.5 Å². The molecule has 0 aliphatic carbocycles. The maximum absolute atomic E-state index is 12.5.